The number of nitrogens with two attached hydrogens (primary N) is 2. The van der Waals surface area contributed by atoms with Gasteiger partial charge in [0, 0.05) is 22.6 Å². The number of fused-ring (bicyclic) bond motifs is 2. The van der Waals surface area contributed by atoms with E-state index in [1.165, 1.54) is 18.5 Å². The third-order valence-electron chi connectivity index (χ3n) is 8.78. The number of rotatable bonds is 5. The number of hydrogen-bond acceptors (Lipinski definition) is 7. The Labute approximate surface area is 225 Å². The molecule has 0 spiro atoms. The first-order chi connectivity index (χ1) is 18.7. The number of anilines is 2. The molecule has 6 N–H and O–H groups in total. The third-order valence-corrected chi connectivity index (χ3v) is 8.78. The van der Waals surface area contributed by atoms with E-state index in [0.29, 0.717) is 30.1 Å². The largest absolute Gasteiger partial charge is 0.390 e. The highest BCUT2D eigenvalue weighted by molar-refractivity contribution is 5.89. The number of aryl methyl sites for hydroxylation is 1. The fraction of sp³-hybridized carbons (Fsp3) is 0.300. The number of halogens is 1. The molecule has 5 atom stereocenters. The minimum absolute atomic E-state index is 0.0539. The fourth-order valence-electron chi connectivity index (χ4n) is 6.20. The Morgan fingerprint density at radius 1 is 1.00 bits per heavy atom. The molecule has 1 aliphatic carbocycles. The molecule has 0 radical (unpaired) electrons. The Kier molecular flexibility index (Phi) is 6.00. The molecular weight excluding hydrogens is 495 g/mol. The molecule has 1 saturated carbocycles. The highest BCUT2D eigenvalue weighted by atomic mass is 19.1. The summed E-state index contributed by atoms with van der Waals surface area (Å²) in [6.07, 6.45) is 2.75. The average Bonchev–Trinajstić information content (AvgIpc) is 3.42. The zero-order chi connectivity index (χ0) is 27.5. The van der Waals surface area contributed by atoms with Crippen LogP contribution in [0, 0.1) is 17.2 Å². The Morgan fingerprint density at radius 2 is 1.77 bits per heavy atom. The predicted molar refractivity (Wildman–Crippen MR) is 150 cm³/mol. The van der Waals surface area contributed by atoms with Crippen LogP contribution in [-0.4, -0.2) is 41.9 Å². The molecule has 0 amide bonds. The highest BCUT2D eigenvalue weighted by Crippen LogP contribution is 2.52. The van der Waals surface area contributed by atoms with Crippen molar-refractivity contribution in [1.29, 1.82) is 0 Å². The van der Waals surface area contributed by atoms with Gasteiger partial charge in [-0.3, -0.25) is 0 Å². The molecule has 200 valence electrons. The molecule has 0 bridgehead atoms. The van der Waals surface area contributed by atoms with Gasteiger partial charge in [0.25, 0.3) is 0 Å². The summed E-state index contributed by atoms with van der Waals surface area (Å²) in [5.74, 6) is 0.414. The van der Waals surface area contributed by atoms with Crippen LogP contribution < -0.4 is 11.5 Å². The Morgan fingerprint density at radius 3 is 2.54 bits per heavy atom. The molecule has 8 nitrogen and oxygen atoms in total. The summed E-state index contributed by atoms with van der Waals surface area (Å²) in [7, 11) is 0. The lowest BCUT2D eigenvalue weighted by atomic mass is 9.74. The third kappa shape index (κ3) is 4.09. The topological polar surface area (TPSA) is 136 Å². The molecule has 5 aromatic rings. The summed E-state index contributed by atoms with van der Waals surface area (Å²) in [5.41, 5.74) is 15.8. The SMILES string of the molecule is C[C@@H]1[C@@H](n2ccc3c(N)ncnc32)[C@H](O)[C@H](O)[C@@]1(C)CCc1ccc2cc(-c3ccc(F)cc3)c(N)nc2c1. The van der Waals surface area contributed by atoms with Crippen LogP contribution in [-0.2, 0) is 6.42 Å². The minimum Gasteiger partial charge on any atom is -0.390 e. The first-order valence-corrected chi connectivity index (χ1v) is 13.1. The second-order valence-corrected chi connectivity index (χ2v) is 10.9. The van der Waals surface area contributed by atoms with Crippen LogP contribution in [0.4, 0.5) is 16.0 Å². The van der Waals surface area contributed by atoms with Gasteiger partial charge in [-0.15, -0.1) is 0 Å². The maximum absolute atomic E-state index is 13.4. The fourth-order valence-corrected chi connectivity index (χ4v) is 6.20. The van der Waals surface area contributed by atoms with E-state index in [2.05, 4.69) is 27.9 Å². The van der Waals surface area contributed by atoms with Crippen molar-refractivity contribution in [2.45, 2.75) is 44.9 Å². The van der Waals surface area contributed by atoms with Crippen LogP contribution >= 0.6 is 0 Å². The number of aliphatic hydroxyl groups excluding tert-OH is 2. The number of benzene rings is 2. The number of hydrogen-bond donors (Lipinski definition) is 4. The van der Waals surface area contributed by atoms with Gasteiger partial charge in [0.2, 0.25) is 0 Å². The number of aromatic nitrogens is 4. The normalized spacial score (nSPS) is 25.1. The van der Waals surface area contributed by atoms with Crippen molar-refractivity contribution in [2.75, 3.05) is 11.5 Å². The monoisotopic (exact) mass is 526 g/mol. The summed E-state index contributed by atoms with van der Waals surface area (Å²) in [4.78, 5) is 13.1. The van der Waals surface area contributed by atoms with Gasteiger partial charge in [-0.05, 0) is 60.2 Å². The zero-order valence-electron chi connectivity index (χ0n) is 21.8. The molecule has 1 fully saturated rings. The molecule has 0 unspecified atom stereocenters. The van der Waals surface area contributed by atoms with Gasteiger partial charge in [0.1, 0.15) is 35.5 Å². The minimum atomic E-state index is -0.959. The van der Waals surface area contributed by atoms with Crippen molar-refractivity contribution in [3.63, 3.8) is 0 Å². The van der Waals surface area contributed by atoms with Crippen molar-refractivity contribution in [1.82, 2.24) is 19.5 Å². The molecule has 2 aromatic carbocycles. The van der Waals surface area contributed by atoms with E-state index in [9.17, 15) is 14.6 Å². The standard InChI is InChI=1S/C30H31FN6O2/c1-16-24(37-12-10-21-27(32)34-15-35-29(21)37)25(38)26(39)30(16,2)11-9-17-3-4-19-14-22(28(33)36-23(19)13-17)18-5-7-20(31)8-6-18/h3-8,10,12-16,24-26,38-39H,9,11H2,1-2H3,(H2,33,36)(H2,32,34,35)/t16-,24-,25+,26+,30+/m1/s1. The van der Waals surface area contributed by atoms with Crippen LogP contribution in [0.1, 0.15) is 31.9 Å². The van der Waals surface area contributed by atoms with Gasteiger partial charge in [-0.1, -0.05) is 38.1 Å². The number of aliphatic hydroxyl groups is 2. The molecule has 3 aromatic heterocycles. The zero-order valence-corrected chi connectivity index (χ0v) is 21.8. The van der Waals surface area contributed by atoms with Crippen LogP contribution in [0.2, 0.25) is 0 Å². The number of pyridine rings is 1. The van der Waals surface area contributed by atoms with Crippen LogP contribution in [0.5, 0.6) is 0 Å². The second kappa shape index (κ2) is 9.29. The van der Waals surface area contributed by atoms with E-state index in [1.807, 2.05) is 42.0 Å². The van der Waals surface area contributed by atoms with Crippen LogP contribution in [0.15, 0.2) is 67.1 Å². The van der Waals surface area contributed by atoms with Gasteiger partial charge >= 0.3 is 0 Å². The second-order valence-electron chi connectivity index (χ2n) is 10.9. The van der Waals surface area contributed by atoms with Gasteiger partial charge in [-0.25, -0.2) is 19.3 Å². The molecule has 0 saturated heterocycles. The van der Waals surface area contributed by atoms with Gasteiger partial charge < -0.3 is 26.2 Å². The Bertz CT molecular complexity index is 1690. The number of nitrogen functional groups attached to an aromatic ring is 2. The maximum Gasteiger partial charge on any atom is 0.145 e. The summed E-state index contributed by atoms with van der Waals surface area (Å²) in [5, 5.41) is 24.1. The molecular formula is C30H31FN6O2. The first kappa shape index (κ1) is 25.2. The van der Waals surface area contributed by atoms with Crippen molar-refractivity contribution < 1.29 is 14.6 Å². The summed E-state index contributed by atoms with van der Waals surface area (Å²) in [6, 6.07) is 15.7. The summed E-state index contributed by atoms with van der Waals surface area (Å²) in [6.45, 7) is 4.10. The Balaban J connectivity index is 1.25. The molecule has 6 rings (SSSR count). The van der Waals surface area contributed by atoms with Crippen molar-refractivity contribution in [2.24, 2.45) is 11.3 Å². The van der Waals surface area contributed by atoms with E-state index in [1.54, 1.807) is 12.1 Å². The lowest BCUT2D eigenvalue weighted by Crippen LogP contribution is -2.36. The van der Waals surface area contributed by atoms with Gasteiger partial charge in [-0.2, -0.15) is 0 Å². The van der Waals surface area contributed by atoms with Crippen molar-refractivity contribution in [3.05, 3.63) is 78.5 Å². The average molecular weight is 527 g/mol. The van der Waals surface area contributed by atoms with E-state index < -0.39 is 17.6 Å². The highest BCUT2D eigenvalue weighted by Gasteiger charge is 2.55. The molecule has 39 heavy (non-hydrogen) atoms. The lowest BCUT2D eigenvalue weighted by molar-refractivity contribution is -0.0280. The van der Waals surface area contributed by atoms with E-state index >= 15 is 0 Å². The quantitative estimate of drug-likeness (QED) is 0.265. The van der Waals surface area contributed by atoms with Crippen LogP contribution in [0.3, 0.4) is 0 Å². The van der Waals surface area contributed by atoms with Crippen LogP contribution in [0.25, 0.3) is 33.1 Å². The summed E-state index contributed by atoms with van der Waals surface area (Å²) < 4.78 is 15.3. The first-order valence-electron chi connectivity index (χ1n) is 13.1. The molecule has 3 heterocycles. The van der Waals surface area contributed by atoms with E-state index in [4.69, 9.17) is 11.5 Å². The smallest absolute Gasteiger partial charge is 0.145 e. The lowest BCUT2D eigenvalue weighted by Gasteiger charge is -2.34. The maximum atomic E-state index is 13.4. The molecule has 0 aliphatic heterocycles. The molecule has 1 aliphatic rings. The van der Waals surface area contributed by atoms with E-state index in [-0.39, 0.29) is 17.8 Å². The Hall–Kier alpha value is -4.08. The van der Waals surface area contributed by atoms with Crippen molar-refractivity contribution in [3.8, 4) is 11.1 Å². The van der Waals surface area contributed by atoms with Gasteiger partial charge in [0.15, 0.2) is 0 Å². The van der Waals surface area contributed by atoms with E-state index in [0.717, 1.165) is 33.0 Å². The predicted octanol–water partition coefficient (Wildman–Crippen LogP) is 4.50. The molecule has 9 heteroatoms. The number of nitrogens with zero attached hydrogens (tertiary/aromatic N) is 4. The summed E-state index contributed by atoms with van der Waals surface area (Å²) >= 11 is 0. The van der Waals surface area contributed by atoms with Gasteiger partial charge in [0.05, 0.1) is 23.0 Å². The van der Waals surface area contributed by atoms with Crippen molar-refractivity contribution >= 4 is 33.6 Å².